The molecule has 0 bridgehead atoms. The van der Waals surface area contributed by atoms with Crippen molar-refractivity contribution in [2.24, 2.45) is 5.92 Å². The van der Waals surface area contributed by atoms with Crippen molar-refractivity contribution in [2.75, 3.05) is 39.8 Å². The summed E-state index contributed by atoms with van der Waals surface area (Å²) in [6, 6.07) is 5.46. The molecule has 8 heteroatoms. The molecule has 1 aliphatic heterocycles. The minimum Gasteiger partial charge on any atom is -0.485 e. The first-order valence-electron chi connectivity index (χ1n) is 11.4. The Morgan fingerprint density at radius 2 is 2.00 bits per heavy atom. The van der Waals surface area contributed by atoms with Crippen molar-refractivity contribution in [3.8, 4) is 5.75 Å². The van der Waals surface area contributed by atoms with Crippen LogP contribution in [0.25, 0.3) is 0 Å². The van der Waals surface area contributed by atoms with Gasteiger partial charge in [0.2, 0.25) is 5.95 Å². The second kappa shape index (κ2) is 10.6. The zero-order valence-electron chi connectivity index (χ0n) is 18.4. The number of piperidine rings is 1. The molecule has 4 rings (SSSR count). The van der Waals surface area contributed by atoms with Crippen molar-refractivity contribution < 1.29 is 17.9 Å². The van der Waals surface area contributed by atoms with Gasteiger partial charge in [0.1, 0.15) is 12.4 Å². The van der Waals surface area contributed by atoms with E-state index in [-0.39, 0.29) is 29.9 Å². The highest BCUT2D eigenvalue weighted by molar-refractivity contribution is 5.42. The topological polar surface area (TPSA) is 49.4 Å². The molecule has 2 unspecified atom stereocenters. The third kappa shape index (κ3) is 5.79. The number of hydrogen-bond donors (Lipinski definition) is 2. The summed E-state index contributed by atoms with van der Waals surface area (Å²) < 4.78 is 47.9. The van der Waals surface area contributed by atoms with Crippen LogP contribution in [0.3, 0.4) is 0 Å². The molecular formula is C24H31F3N4O. The molecule has 174 valence electrons. The van der Waals surface area contributed by atoms with Crippen LogP contribution >= 0.6 is 0 Å². The highest BCUT2D eigenvalue weighted by atomic mass is 19.1. The molecule has 0 amide bonds. The molecule has 1 aliphatic carbocycles. The van der Waals surface area contributed by atoms with Gasteiger partial charge in [-0.25, -0.2) is 13.8 Å². The maximum absolute atomic E-state index is 14.5. The lowest BCUT2D eigenvalue weighted by atomic mass is 9.96. The average molecular weight is 449 g/mol. The molecule has 5 nitrogen and oxygen atoms in total. The van der Waals surface area contributed by atoms with Crippen molar-refractivity contribution in [1.29, 1.82) is 0 Å². The Bertz CT molecular complexity index is 905. The average Bonchev–Trinajstić information content (AvgIpc) is 3.56. The van der Waals surface area contributed by atoms with Crippen LogP contribution in [0.15, 0.2) is 30.5 Å². The fraction of sp³-hybridized carbons (Fsp3) is 0.542. The molecule has 32 heavy (non-hydrogen) atoms. The zero-order valence-corrected chi connectivity index (χ0v) is 18.4. The van der Waals surface area contributed by atoms with Gasteiger partial charge in [0.25, 0.3) is 0 Å². The summed E-state index contributed by atoms with van der Waals surface area (Å²) >= 11 is 0. The highest BCUT2D eigenvalue weighted by Gasteiger charge is 2.41. The molecule has 0 spiro atoms. The number of likely N-dealkylation sites (tertiary alicyclic amines) is 1. The van der Waals surface area contributed by atoms with E-state index in [0.717, 1.165) is 58.1 Å². The molecular weight excluding hydrogens is 417 g/mol. The van der Waals surface area contributed by atoms with Crippen LogP contribution in [0, 0.1) is 23.5 Å². The number of benzene rings is 1. The van der Waals surface area contributed by atoms with Gasteiger partial charge in [-0.05, 0) is 70.1 Å². The number of aromatic nitrogens is 1. The first kappa shape index (κ1) is 23.0. The number of nitrogens with zero attached hydrogens (tertiary/aromatic N) is 2. The summed E-state index contributed by atoms with van der Waals surface area (Å²) in [5, 5.41) is 6.77. The smallest absolute Gasteiger partial charge is 0.219 e. The molecule has 2 atom stereocenters. The van der Waals surface area contributed by atoms with E-state index in [1.165, 1.54) is 18.3 Å². The SMILES string of the molecule is CNCCN1CCC(CNC2CC2c2cc(F)cc(F)c2OCc2cccnc2F)CC1. The normalized spacial score (nSPS) is 21.6. The van der Waals surface area contributed by atoms with Crippen LogP contribution in [0.5, 0.6) is 5.75 Å². The minimum atomic E-state index is -0.760. The molecule has 2 N–H and O–H groups in total. The second-order valence-electron chi connectivity index (χ2n) is 8.79. The minimum absolute atomic E-state index is 0.00166. The number of nitrogens with one attached hydrogen (secondary N) is 2. The summed E-state index contributed by atoms with van der Waals surface area (Å²) in [6.45, 7) is 5.06. The van der Waals surface area contributed by atoms with Crippen LogP contribution in [0.1, 0.15) is 36.3 Å². The first-order chi connectivity index (χ1) is 15.5. The Morgan fingerprint density at radius 3 is 2.75 bits per heavy atom. The van der Waals surface area contributed by atoms with E-state index in [2.05, 4.69) is 20.5 Å². The van der Waals surface area contributed by atoms with Gasteiger partial charge in [0, 0.05) is 48.4 Å². The van der Waals surface area contributed by atoms with Gasteiger partial charge in [-0.1, -0.05) is 0 Å². The summed E-state index contributed by atoms with van der Waals surface area (Å²) in [5.41, 5.74) is 0.736. The summed E-state index contributed by atoms with van der Waals surface area (Å²) in [6.07, 6.45) is 4.47. The van der Waals surface area contributed by atoms with Gasteiger partial charge >= 0.3 is 0 Å². The number of ether oxygens (including phenoxy) is 1. The summed E-state index contributed by atoms with van der Waals surface area (Å²) in [7, 11) is 1.97. The fourth-order valence-corrected chi connectivity index (χ4v) is 4.45. The van der Waals surface area contributed by atoms with Crippen LogP contribution < -0.4 is 15.4 Å². The Balaban J connectivity index is 1.32. The first-order valence-corrected chi connectivity index (χ1v) is 11.4. The van der Waals surface area contributed by atoms with E-state index in [9.17, 15) is 13.2 Å². The Morgan fingerprint density at radius 1 is 1.19 bits per heavy atom. The molecule has 2 heterocycles. The summed E-state index contributed by atoms with van der Waals surface area (Å²) in [4.78, 5) is 6.06. The van der Waals surface area contributed by atoms with E-state index in [1.54, 1.807) is 6.07 Å². The highest BCUT2D eigenvalue weighted by Crippen LogP contribution is 2.46. The van der Waals surface area contributed by atoms with Crippen molar-refractivity contribution in [1.82, 2.24) is 20.5 Å². The van der Waals surface area contributed by atoms with Crippen LogP contribution in [0.4, 0.5) is 13.2 Å². The van der Waals surface area contributed by atoms with Crippen LogP contribution in [-0.4, -0.2) is 55.7 Å². The number of pyridine rings is 1. The largest absolute Gasteiger partial charge is 0.485 e. The molecule has 0 radical (unpaired) electrons. The lowest BCUT2D eigenvalue weighted by Crippen LogP contribution is -2.40. The van der Waals surface area contributed by atoms with Crippen molar-refractivity contribution in [3.05, 3.63) is 59.2 Å². The molecule has 1 saturated carbocycles. The summed E-state index contributed by atoms with van der Waals surface area (Å²) in [5.74, 6) is -1.43. The Hall–Kier alpha value is -2.16. The molecule has 1 saturated heterocycles. The fourth-order valence-electron chi connectivity index (χ4n) is 4.45. The number of likely N-dealkylation sites (N-methyl/N-ethyl adjacent to an activating group) is 1. The maximum Gasteiger partial charge on any atom is 0.219 e. The van der Waals surface area contributed by atoms with Gasteiger partial charge in [-0.2, -0.15) is 4.39 Å². The van der Waals surface area contributed by atoms with Crippen LogP contribution in [-0.2, 0) is 6.61 Å². The van der Waals surface area contributed by atoms with Gasteiger partial charge in [-0.3, -0.25) is 0 Å². The second-order valence-corrected chi connectivity index (χ2v) is 8.79. The number of rotatable bonds is 10. The zero-order chi connectivity index (χ0) is 22.5. The van der Waals surface area contributed by atoms with Crippen molar-refractivity contribution >= 4 is 0 Å². The molecule has 1 aromatic heterocycles. The van der Waals surface area contributed by atoms with Crippen LogP contribution in [0.2, 0.25) is 0 Å². The van der Waals surface area contributed by atoms with E-state index < -0.39 is 17.6 Å². The van der Waals surface area contributed by atoms with E-state index in [1.807, 2.05) is 7.05 Å². The van der Waals surface area contributed by atoms with Crippen molar-refractivity contribution in [3.63, 3.8) is 0 Å². The van der Waals surface area contributed by atoms with Gasteiger partial charge in [-0.15, -0.1) is 0 Å². The quantitative estimate of drug-likeness (QED) is 0.546. The van der Waals surface area contributed by atoms with Gasteiger partial charge in [0.15, 0.2) is 11.6 Å². The standard InChI is InChI=1S/C24H31F3N4O/c1-28-7-10-31-8-4-16(5-9-31)14-30-22-13-19(22)20-11-18(25)12-21(26)23(20)32-15-17-3-2-6-29-24(17)27/h2-3,6,11-12,16,19,22,28,30H,4-5,7-10,13-15H2,1H3. The maximum atomic E-state index is 14.5. The monoisotopic (exact) mass is 448 g/mol. The third-order valence-electron chi connectivity index (χ3n) is 6.49. The number of hydrogen-bond acceptors (Lipinski definition) is 5. The van der Waals surface area contributed by atoms with Gasteiger partial charge < -0.3 is 20.3 Å². The van der Waals surface area contributed by atoms with Gasteiger partial charge in [0.05, 0.1) is 0 Å². The van der Waals surface area contributed by atoms with E-state index >= 15 is 0 Å². The lowest BCUT2D eigenvalue weighted by Gasteiger charge is -2.32. The lowest BCUT2D eigenvalue weighted by molar-refractivity contribution is 0.183. The molecule has 2 fully saturated rings. The predicted octanol–water partition coefficient (Wildman–Crippen LogP) is 3.45. The Labute approximate surface area is 187 Å². The predicted molar refractivity (Wildman–Crippen MR) is 117 cm³/mol. The molecule has 1 aromatic carbocycles. The molecule has 2 aliphatic rings. The van der Waals surface area contributed by atoms with E-state index in [0.29, 0.717) is 11.5 Å². The van der Waals surface area contributed by atoms with Crippen molar-refractivity contribution in [2.45, 2.75) is 37.8 Å². The molecule has 2 aromatic rings. The Kier molecular flexibility index (Phi) is 7.65. The van der Waals surface area contributed by atoms with E-state index in [4.69, 9.17) is 4.74 Å². The third-order valence-corrected chi connectivity index (χ3v) is 6.49. The number of halogens is 3.